The van der Waals surface area contributed by atoms with Crippen molar-refractivity contribution in [2.24, 2.45) is 0 Å². The first-order valence-corrected chi connectivity index (χ1v) is 9.23. The number of allylic oxidation sites excluding steroid dienone is 3. The molecule has 0 atom stereocenters. The molecule has 2 N–H and O–H groups in total. The number of hydrogen-bond donors (Lipinski definition) is 2. The lowest BCUT2D eigenvalue weighted by Crippen LogP contribution is -2.29. The zero-order valence-corrected chi connectivity index (χ0v) is 15.8. The molecule has 1 aliphatic heterocycles. The van der Waals surface area contributed by atoms with E-state index >= 15 is 0 Å². The minimum atomic E-state index is -1.18. The van der Waals surface area contributed by atoms with Gasteiger partial charge < -0.3 is 24.6 Å². The average Bonchev–Trinajstić information content (AvgIpc) is 2.77. The Balaban J connectivity index is 1.95. The van der Waals surface area contributed by atoms with Crippen molar-refractivity contribution >= 4 is 28.5 Å². The van der Waals surface area contributed by atoms with E-state index in [9.17, 15) is 19.8 Å². The quantitative estimate of drug-likeness (QED) is 0.740. The van der Waals surface area contributed by atoms with Crippen molar-refractivity contribution in [2.75, 3.05) is 11.4 Å². The second kappa shape index (κ2) is 8.12. The summed E-state index contributed by atoms with van der Waals surface area (Å²) in [4.78, 5) is 29.5. The fourth-order valence-corrected chi connectivity index (χ4v) is 3.40. The van der Waals surface area contributed by atoms with Crippen LogP contribution < -0.4 is 4.90 Å². The molecule has 0 spiro atoms. The molecule has 152 valence electrons. The van der Waals surface area contributed by atoms with E-state index < -0.39 is 11.9 Å². The van der Waals surface area contributed by atoms with E-state index in [1.165, 1.54) is 37.1 Å². The molecule has 2 aliphatic rings. The third kappa shape index (κ3) is 3.75. The molecular weight excluding hydrogens is 388 g/mol. The topological polar surface area (TPSA) is 109 Å². The van der Waals surface area contributed by atoms with Crippen molar-refractivity contribution in [1.82, 2.24) is 4.98 Å². The molecule has 2 aromatic rings. The van der Waals surface area contributed by atoms with E-state index in [-0.39, 0.29) is 22.7 Å². The van der Waals surface area contributed by atoms with E-state index in [4.69, 9.17) is 9.47 Å². The summed E-state index contributed by atoms with van der Waals surface area (Å²) in [5.74, 6) is -2.02. The number of benzene rings is 1. The SMILES string of the molecule is O=C(O)c1ccc2ncc(C(=O)O)c(N(CC3=CC=CCC3)C3=COC=CO3)c2c1. The molecule has 0 radical (unpaired) electrons. The maximum atomic E-state index is 12.0. The Morgan fingerprint density at radius 1 is 1.17 bits per heavy atom. The highest BCUT2D eigenvalue weighted by Gasteiger charge is 2.26. The average molecular weight is 406 g/mol. The summed E-state index contributed by atoms with van der Waals surface area (Å²) < 4.78 is 10.9. The van der Waals surface area contributed by atoms with Crippen LogP contribution in [0.25, 0.3) is 10.9 Å². The van der Waals surface area contributed by atoms with Crippen LogP contribution in [-0.4, -0.2) is 33.7 Å². The summed E-state index contributed by atoms with van der Waals surface area (Å²) in [6, 6.07) is 4.42. The molecule has 0 saturated carbocycles. The Labute approximate surface area is 171 Å². The van der Waals surface area contributed by atoms with Crippen LogP contribution in [0.3, 0.4) is 0 Å². The van der Waals surface area contributed by atoms with Crippen LogP contribution in [0.1, 0.15) is 33.6 Å². The molecular formula is C22H18N2O6. The highest BCUT2D eigenvalue weighted by molar-refractivity contribution is 6.07. The molecule has 1 aromatic heterocycles. The number of nitrogens with zero attached hydrogens (tertiary/aromatic N) is 2. The Morgan fingerprint density at radius 2 is 2.03 bits per heavy atom. The molecule has 0 amide bonds. The predicted molar refractivity (Wildman–Crippen MR) is 109 cm³/mol. The molecule has 0 unspecified atom stereocenters. The Bertz CT molecular complexity index is 1140. The number of hydrogen-bond acceptors (Lipinski definition) is 6. The monoisotopic (exact) mass is 406 g/mol. The van der Waals surface area contributed by atoms with Gasteiger partial charge in [0.15, 0.2) is 6.26 Å². The van der Waals surface area contributed by atoms with Gasteiger partial charge in [-0.2, -0.15) is 0 Å². The fourth-order valence-electron chi connectivity index (χ4n) is 3.40. The third-order valence-corrected chi connectivity index (χ3v) is 4.81. The van der Waals surface area contributed by atoms with Gasteiger partial charge in [-0.1, -0.05) is 23.8 Å². The number of carboxylic acid groups (broad SMARTS) is 2. The molecule has 4 rings (SSSR count). The highest BCUT2D eigenvalue weighted by Crippen LogP contribution is 2.35. The van der Waals surface area contributed by atoms with Crippen LogP contribution in [0.5, 0.6) is 0 Å². The van der Waals surface area contributed by atoms with Crippen LogP contribution in [0.2, 0.25) is 0 Å². The fraction of sp³-hybridized carbons (Fsp3) is 0.136. The number of carbonyl (C=O) groups is 2. The maximum Gasteiger partial charge on any atom is 0.339 e. The third-order valence-electron chi connectivity index (χ3n) is 4.81. The summed E-state index contributed by atoms with van der Waals surface area (Å²) in [7, 11) is 0. The molecule has 0 saturated heterocycles. The molecule has 0 fully saturated rings. The largest absolute Gasteiger partial charge is 0.478 e. The van der Waals surface area contributed by atoms with Crippen molar-refractivity contribution in [3.8, 4) is 0 Å². The van der Waals surface area contributed by atoms with Gasteiger partial charge in [0.25, 0.3) is 0 Å². The summed E-state index contributed by atoms with van der Waals surface area (Å²) in [6.45, 7) is 0.337. The van der Waals surface area contributed by atoms with Crippen LogP contribution in [0, 0.1) is 0 Å². The van der Waals surface area contributed by atoms with Gasteiger partial charge >= 0.3 is 11.9 Å². The van der Waals surface area contributed by atoms with Crippen molar-refractivity contribution in [3.05, 3.63) is 84.0 Å². The molecule has 1 aliphatic carbocycles. The Hall–Kier alpha value is -4.07. The van der Waals surface area contributed by atoms with Gasteiger partial charge in [0.1, 0.15) is 18.1 Å². The Morgan fingerprint density at radius 3 is 2.70 bits per heavy atom. The lowest BCUT2D eigenvalue weighted by molar-refractivity contribution is 0.0687. The first-order valence-electron chi connectivity index (χ1n) is 9.23. The van der Waals surface area contributed by atoms with Gasteiger partial charge in [-0.15, -0.1) is 0 Å². The maximum absolute atomic E-state index is 12.0. The minimum absolute atomic E-state index is 0.0301. The van der Waals surface area contributed by atoms with E-state index in [1.54, 1.807) is 11.0 Å². The second-order valence-electron chi connectivity index (χ2n) is 6.72. The summed E-state index contributed by atoms with van der Waals surface area (Å²) in [6.07, 6.45) is 13.0. The Kier molecular flexibility index (Phi) is 5.21. The number of anilines is 1. The number of aromatic nitrogens is 1. The standard InChI is InChI=1S/C22H18N2O6/c25-21(26)15-6-7-18-16(10-15)20(17(11-23-18)22(27)28)24(19-13-29-8-9-30-19)12-14-4-2-1-3-5-14/h1-2,4,6-11,13H,3,5,12H2,(H,25,26)(H,27,28). The van der Waals surface area contributed by atoms with Crippen LogP contribution in [-0.2, 0) is 9.47 Å². The van der Waals surface area contributed by atoms with Crippen molar-refractivity contribution in [3.63, 3.8) is 0 Å². The molecule has 30 heavy (non-hydrogen) atoms. The minimum Gasteiger partial charge on any atom is -0.478 e. The lowest BCUT2D eigenvalue weighted by atomic mass is 10.0. The number of aromatic carboxylic acids is 2. The number of ether oxygens (including phenoxy) is 2. The number of fused-ring (bicyclic) bond motifs is 1. The summed E-state index contributed by atoms with van der Waals surface area (Å²) in [5.41, 5.74) is 1.78. The van der Waals surface area contributed by atoms with Crippen LogP contribution in [0.4, 0.5) is 5.69 Å². The van der Waals surface area contributed by atoms with E-state index in [2.05, 4.69) is 11.1 Å². The van der Waals surface area contributed by atoms with E-state index in [1.807, 2.05) is 12.2 Å². The normalized spacial score (nSPS) is 15.1. The van der Waals surface area contributed by atoms with Gasteiger partial charge in [0, 0.05) is 18.1 Å². The molecule has 1 aromatic carbocycles. The van der Waals surface area contributed by atoms with Gasteiger partial charge in [-0.3, -0.25) is 4.98 Å². The smallest absolute Gasteiger partial charge is 0.339 e. The number of rotatable bonds is 6. The summed E-state index contributed by atoms with van der Waals surface area (Å²) >= 11 is 0. The zero-order valence-electron chi connectivity index (χ0n) is 15.8. The van der Waals surface area contributed by atoms with Crippen molar-refractivity contribution in [2.45, 2.75) is 12.8 Å². The van der Waals surface area contributed by atoms with Gasteiger partial charge in [-0.25, -0.2) is 9.59 Å². The van der Waals surface area contributed by atoms with Gasteiger partial charge in [-0.05, 0) is 31.0 Å². The lowest BCUT2D eigenvalue weighted by Gasteiger charge is -2.30. The molecule has 0 bridgehead atoms. The molecule has 8 heteroatoms. The molecule has 2 heterocycles. The predicted octanol–water partition coefficient (Wildman–Crippen LogP) is 4.03. The van der Waals surface area contributed by atoms with Gasteiger partial charge in [0.05, 0.1) is 16.8 Å². The number of pyridine rings is 1. The van der Waals surface area contributed by atoms with Crippen molar-refractivity contribution in [1.29, 1.82) is 0 Å². The van der Waals surface area contributed by atoms with Crippen molar-refractivity contribution < 1.29 is 29.3 Å². The number of carboxylic acids is 2. The van der Waals surface area contributed by atoms with E-state index in [0.717, 1.165) is 18.4 Å². The second-order valence-corrected chi connectivity index (χ2v) is 6.72. The van der Waals surface area contributed by atoms with Crippen LogP contribution in [0.15, 0.2) is 72.9 Å². The van der Waals surface area contributed by atoms with Gasteiger partial charge in [0.2, 0.25) is 5.88 Å². The van der Waals surface area contributed by atoms with E-state index in [0.29, 0.717) is 17.4 Å². The first-order chi connectivity index (χ1) is 14.5. The van der Waals surface area contributed by atoms with Crippen LogP contribution >= 0.6 is 0 Å². The molecule has 8 nitrogen and oxygen atoms in total. The zero-order chi connectivity index (χ0) is 21.1. The summed E-state index contributed by atoms with van der Waals surface area (Å²) in [5, 5.41) is 19.7. The highest BCUT2D eigenvalue weighted by atomic mass is 16.5. The first kappa shape index (κ1) is 19.3.